The minimum absolute atomic E-state index is 0.0105. The molecule has 18 heavy (non-hydrogen) atoms. The van der Waals surface area contributed by atoms with Gasteiger partial charge in [-0.25, -0.2) is 0 Å². The Balaban J connectivity index is 2.21. The van der Waals surface area contributed by atoms with Gasteiger partial charge in [0, 0.05) is 16.1 Å². The topological polar surface area (TPSA) is 39.2 Å². The van der Waals surface area contributed by atoms with Crippen molar-refractivity contribution in [3.63, 3.8) is 0 Å². The van der Waals surface area contributed by atoms with Gasteiger partial charge in [-0.3, -0.25) is 0 Å². The Labute approximate surface area is 116 Å². The smallest absolute Gasteiger partial charge is 0.106 e. The molecule has 0 aliphatic rings. The van der Waals surface area contributed by atoms with Crippen molar-refractivity contribution in [1.82, 2.24) is 0 Å². The van der Waals surface area contributed by atoms with Gasteiger partial charge in [0.15, 0.2) is 0 Å². The molecule has 1 aromatic heterocycles. The van der Waals surface area contributed by atoms with Crippen LogP contribution in [-0.2, 0) is 6.42 Å². The Hall–Kier alpha value is -1.06. The normalized spacial score (nSPS) is 12.7. The third-order valence-electron chi connectivity index (χ3n) is 3.36. The molecule has 0 fully saturated rings. The van der Waals surface area contributed by atoms with E-state index in [4.69, 9.17) is 10.2 Å². The molecule has 0 aliphatic carbocycles. The van der Waals surface area contributed by atoms with Crippen LogP contribution in [0.15, 0.2) is 33.2 Å². The van der Waals surface area contributed by atoms with Gasteiger partial charge in [-0.15, -0.1) is 0 Å². The third kappa shape index (κ3) is 2.68. The van der Waals surface area contributed by atoms with E-state index in [2.05, 4.69) is 35.0 Å². The number of halogens is 1. The second-order valence-corrected chi connectivity index (χ2v) is 5.61. The van der Waals surface area contributed by atoms with Crippen molar-refractivity contribution in [3.05, 3.63) is 56.9 Å². The lowest BCUT2D eigenvalue weighted by atomic mass is 9.97. The van der Waals surface area contributed by atoms with E-state index in [0.29, 0.717) is 0 Å². The molecule has 2 nitrogen and oxygen atoms in total. The molecule has 1 unspecified atom stereocenters. The Morgan fingerprint density at radius 1 is 1.11 bits per heavy atom. The number of hydrogen-bond acceptors (Lipinski definition) is 2. The van der Waals surface area contributed by atoms with Crippen molar-refractivity contribution < 1.29 is 4.42 Å². The Morgan fingerprint density at radius 3 is 2.22 bits per heavy atom. The highest BCUT2D eigenvalue weighted by Gasteiger charge is 2.18. The fraction of sp³-hybridized carbons (Fsp3) is 0.333. The van der Waals surface area contributed by atoms with Crippen LogP contribution in [0.2, 0.25) is 0 Å². The molecule has 0 aliphatic heterocycles. The molecule has 2 N–H and O–H groups in total. The molecule has 0 radical (unpaired) electrons. The molecule has 1 aromatic carbocycles. The zero-order chi connectivity index (χ0) is 13.3. The highest BCUT2D eigenvalue weighted by molar-refractivity contribution is 9.10. The van der Waals surface area contributed by atoms with Crippen molar-refractivity contribution in [1.29, 1.82) is 0 Å². The third-order valence-corrected chi connectivity index (χ3v) is 3.89. The molecule has 96 valence electrons. The van der Waals surface area contributed by atoms with Gasteiger partial charge < -0.3 is 10.2 Å². The van der Waals surface area contributed by atoms with Crippen molar-refractivity contribution in [2.45, 2.75) is 33.2 Å². The summed E-state index contributed by atoms with van der Waals surface area (Å²) in [6, 6.07) is 8.28. The lowest BCUT2D eigenvalue weighted by Crippen LogP contribution is -2.14. The number of furan rings is 1. The van der Waals surface area contributed by atoms with Crippen molar-refractivity contribution >= 4 is 15.9 Å². The van der Waals surface area contributed by atoms with Crippen LogP contribution in [0, 0.1) is 20.8 Å². The van der Waals surface area contributed by atoms with Gasteiger partial charge in [-0.1, -0.05) is 28.1 Å². The maximum absolute atomic E-state index is 6.31. The summed E-state index contributed by atoms with van der Waals surface area (Å²) in [7, 11) is 0. The summed E-state index contributed by atoms with van der Waals surface area (Å²) in [4.78, 5) is 0. The van der Waals surface area contributed by atoms with Crippen LogP contribution in [0.3, 0.4) is 0 Å². The highest BCUT2D eigenvalue weighted by atomic mass is 79.9. The molecule has 0 saturated heterocycles. The summed E-state index contributed by atoms with van der Waals surface area (Å²) < 4.78 is 6.72. The first-order valence-corrected chi connectivity index (χ1v) is 6.85. The Bertz CT molecular complexity index is 542. The second-order valence-electron chi connectivity index (χ2n) is 4.69. The summed E-state index contributed by atoms with van der Waals surface area (Å²) in [5.74, 6) is 1.91. The van der Waals surface area contributed by atoms with E-state index in [1.165, 1.54) is 11.1 Å². The monoisotopic (exact) mass is 307 g/mol. The molecular weight excluding hydrogens is 290 g/mol. The number of benzene rings is 1. The van der Waals surface area contributed by atoms with Gasteiger partial charge >= 0.3 is 0 Å². The number of hydrogen-bond donors (Lipinski definition) is 1. The average Bonchev–Trinajstić information content (AvgIpc) is 2.56. The Kier molecular flexibility index (Phi) is 3.93. The summed E-state index contributed by atoms with van der Waals surface area (Å²) in [6.45, 7) is 6.04. The van der Waals surface area contributed by atoms with Crippen molar-refractivity contribution in [3.8, 4) is 0 Å². The molecule has 0 spiro atoms. The number of aryl methyl sites for hydroxylation is 2. The van der Waals surface area contributed by atoms with Gasteiger partial charge in [0.25, 0.3) is 0 Å². The minimum atomic E-state index is -0.0105. The largest absolute Gasteiger partial charge is 0.466 e. The van der Waals surface area contributed by atoms with Crippen LogP contribution in [-0.4, -0.2) is 0 Å². The maximum Gasteiger partial charge on any atom is 0.106 e. The SMILES string of the molecule is Cc1oc(C)c(C(N)Cc2ccc(Br)cc2)c1C. The molecular formula is C15H18BrNO. The van der Waals surface area contributed by atoms with Crippen LogP contribution in [0.5, 0.6) is 0 Å². The molecule has 0 saturated carbocycles. The van der Waals surface area contributed by atoms with Crippen LogP contribution in [0.4, 0.5) is 0 Å². The average molecular weight is 308 g/mol. The van der Waals surface area contributed by atoms with Crippen LogP contribution < -0.4 is 5.73 Å². The molecule has 1 atom stereocenters. The first-order chi connectivity index (χ1) is 8.49. The number of nitrogens with two attached hydrogens (primary N) is 1. The lowest BCUT2D eigenvalue weighted by Gasteiger charge is -2.12. The molecule has 0 amide bonds. The molecule has 2 rings (SSSR count). The van der Waals surface area contributed by atoms with E-state index >= 15 is 0 Å². The summed E-state index contributed by atoms with van der Waals surface area (Å²) in [6.07, 6.45) is 0.827. The van der Waals surface area contributed by atoms with E-state index in [1.807, 2.05) is 26.0 Å². The molecule has 0 bridgehead atoms. The Morgan fingerprint density at radius 2 is 1.72 bits per heavy atom. The van der Waals surface area contributed by atoms with Crippen LogP contribution >= 0.6 is 15.9 Å². The van der Waals surface area contributed by atoms with E-state index in [-0.39, 0.29) is 6.04 Å². The standard InChI is InChI=1S/C15H18BrNO/c1-9-10(2)18-11(3)15(9)14(17)8-12-4-6-13(16)7-5-12/h4-7,14H,8,17H2,1-3H3. The van der Waals surface area contributed by atoms with Gasteiger partial charge in [0.1, 0.15) is 11.5 Å². The fourth-order valence-corrected chi connectivity index (χ4v) is 2.59. The van der Waals surface area contributed by atoms with E-state index in [9.17, 15) is 0 Å². The predicted octanol–water partition coefficient (Wildman–Crippen LogP) is 4.21. The van der Waals surface area contributed by atoms with Crippen molar-refractivity contribution in [2.75, 3.05) is 0 Å². The van der Waals surface area contributed by atoms with Gasteiger partial charge in [0.2, 0.25) is 0 Å². The first-order valence-electron chi connectivity index (χ1n) is 6.05. The molecule has 2 aromatic rings. The zero-order valence-electron chi connectivity index (χ0n) is 11.0. The van der Waals surface area contributed by atoms with Crippen LogP contribution in [0.25, 0.3) is 0 Å². The zero-order valence-corrected chi connectivity index (χ0v) is 12.5. The predicted molar refractivity (Wildman–Crippen MR) is 77.7 cm³/mol. The van der Waals surface area contributed by atoms with Gasteiger partial charge in [-0.05, 0) is 50.5 Å². The minimum Gasteiger partial charge on any atom is -0.466 e. The summed E-state index contributed by atoms with van der Waals surface area (Å²) >= 11 is 3.44. The first kappa shape index (κ1) is 13.4. The summed E-state index contributed by atoms with van der Waals surface area (Å²) in [5.41, 5.74) is 9.87. The van der Waals surface area contributed by atoms with E-state index < -0.39 is 0 Å². The quantitative estimate of drug-likeness (QED) is 0.922. The lowest BCUT2D eigenvalue weighted by molar-refractivity contribution is 0.496. The number of rotatable bonds is 3. The van der Waals surface area contributed by atoms with Crippen LogP contribution in [0.1, 0.15) is 34.3 Å². The fourth-order valence-electron chi connectivity index (χ4n) is 2.33. The van der Waals surface area contributed by atoms with Gasteiger partial charge in [0.05, 0.1) is 0 Å². The van der Waals surface area contributed by atoms with E-state index in [1.54, 1.807) is 0 Å². The maximum atomic E-state index is 6.31. The van der Waals surface area contributed by atoms with Gasteiger partial charge in [-0.2, -0.15) is 0 Å². The second kappa shape index (κ2) is 5.29. The summed E-state index contributed by atoms with van der Waals surface area (Å²) in [5, 5.41) is 0. The molecule has 3 heteroatoms. The molecule has 1 heterocycles. The highest BCUT2D eigenvalue weighted by Crippen LogP contribution is 2.28. The van der Waals surface area contributed by atoms with E-state index in [0.717, 1.165) is 28.0 Å². The van der Waals surface area contributed by atoms with Crippen molar-refractivity contribution in [2.24, 2.45) is 5.73 Å².